The lowest BCUT2D eigenvalue weighted by molar-refractivity contribution is -0.384. The molecule has 1 aromatic carbocycles. The molecule has 0 heterocycles. The first kappa shape index (κ1) is 12.4. The highest BCUT2D eigenvalue weighted by molar-refractivity contribution is 5.64. The molecule has 0 aliphatic heterocycles. The SMILES string of the molecule is CC1(CNc2ccc(C#N)cc2[N+](=O)[O-])CCC1. The molecule has 0 amide bonds. The normalized spacial score (nSPS) is 16.4. The van der Waals surface area contributed by atoms with Crippen molar-refractivity contribution in [1.29, 1.82) is 5.26 Å². The van der Waals surface area contributed by atoms with E-state index < -0.39 is 4.92 Å². The van der Waals surface area contributed by atoms with Crippen LogP contribution in [0.5, 0.6) is 0 Å². The monoisotopic (exact) mass is 245 g/mol. The van der Waals surface area contributed by atoms with Gasteiger partial charge < -0.3 is 5.32 Å². The second-order valence-electron chi connectivity index (χ2n) is 5.12. The first-order valence-electron chi connectivity index (χ1n) is 5.96. The van der Waals surface area contributed by atoms with Gasteiger partial charge in [0.25, 0.3) is 5.69 Å². The summed E-state index contributed by atoms with van der Waals surface area (Å²) in [6.45, 7) is 2.92. The van der Waals surface area contributed by atoms with E-state index in [1.165, 1.54) is 12.5 Å². The standard InChI is InChI=1S/C13H15N3O2/c1-13(5-2-6-13)9-15-11-4-3-10(8-14)7-12(11)16(17)18/h3-4,7,15H,2,5-6,9H2,1H3. The van der Waals surface area contributed by atoms with Gasteiger partial charge in [0.2, 0.25) is 0 Å². The van der Waals surface area contributed by atoms with Gasteiger partial charge in [0.15, 0.2) is 0 Å². The van der Waals surface area contributed by atoms with Crippen LogP contribution in [-0.2, 0) is 0 Å². The molecule has 1 N–H and O–H groups in total. The van der Waals surface area contributed by atoms with Gasteiger partial charge in [-0.15, -0.1) is 0 Å². The van der Waals surface area contributed by atoms with E-state index in [9.17, 15) is 10.1 Å². The van der Waals surface area contributed by atoms with E-state index in [4.69, 9.17) is 5.26 Å². The Morgan fingerprint density at radius 2 is 2.28 bits per heavy atom. The summed E-state index contributed by atoms with van der Waals surface area (Å²) < 4.78 is 0. The predicted molar refractivity (Wildman–Crippen MR) is 68.3 cm³/mol. The van der Waals surface area contributed by atoms with Crippen LogP contribution in [0.15, 0.2) is 18.2 Å². The Bertz CT molecular complexity index is 515. The van der Waals surface area contributed by atoms with Crippen molar-refractivity contribution in [3.8, 4) is 6.07 Å². The Morgan fingerprint density at radius 3 is 2.78 bits per heavy atom. The topological polar surface area (TPSA) is 79.0 Å². The Labute approximate surface area is 106 Å². The molecule has 0 saturated heterocycles. The molecule has 0 spiro atoms. The van der Waals surface area contributed by atoms with E-state index >= 15 is 0 Å². The van der Waals surface area contributed by atoms with Crippen molar-refractivity contribution in [3.63, 3.8) is 0 Å². The summed E-state index contributed by atoms with van der Waals surface area (Å²) in [5.74, 6) is 0. The molecule has 18 heavy (non-hydrogen) atoms. The van der Waals surface area contributed by atoms with Crippen LogP contribution in [-0.4, -0.2) is 11.5 Å². The van der Waals surface area contributed by atoms with E-state index in [0.717, 1.165) is 19.4 Å². The Hall–Kier alpha value is -2.09. The quantitative estimate of drug-likeness (QED) is 0.653. The van der Waals surface area contributed by atoms with E-state index in [2.05, 4.69) is 12.2 Å². The molecule has 1 aromatic rings. The van der Waals surface area contributed by atoms with Crippen molar-refractivity contribution in [2.45, 2.75) is 26.2 Å². The molecular weight excluding hydrogens is 230 g/mol. The maximum atomic E-state index is 11.0. The van der Waals surface area contributed by atoms with E-state index in [1.54, 1.807) is 12.1 Å². The van der Waals surface area contributed by atoms with Gasteiger partial charge in [-0.3, -0.25) is 10.1 Å². The van der Waals surface area contributed by atoms with Gasteiger partial charge in [-0.1, -0.05) is 13.3 Å². The van der Waals surface area contributed by atoms with Crippen LogP contribution in [0.25, 0.3) is 0 Å². The zero-order chi connectivity index (χ0) is 13.2. The van der Waals surface area contributed by atoms with Crippen LogP contribution in [0.3, 0.4) is 0 Å². The lowest BCUT2D eigenvalue weighted by Gasteiger charge is -2.38. The number of nitriles is 1. The minimum atomic E-state index is -0.452. The average molecular weight is 245 g/mol. The number of anilines is 1. The van der Waals surface area contributed by atoms with Crippen LogP contribution in [0.4, 0.5) is 11.4 Å². The third-order valence-electron chi connectivity index (χ3n) is 3.59. The van der Waals surface area contributed by atoms with Gasteiger partial charge in [0, 0.05) is 12.6 Å². The molecule has 0 bridgehead atoms. The third-order valence-corrected chi connectivity index (χ3v) is 3.59. The molecule has 5 nitrogen and oxygen atoms in total. The number of nitrogens with zero attached hydrogens (tertiary/aromatic N) is 2. The Balaban J connectivity index is 2.16. The van der Waals surface area contributed by atoms with Crippen molar-refractivity contribution >= 4 is 11.4 Å². The van der Waals surface area contributed by atoms with E-state index in [1.807, 2.05) is 6.07 Å². The predicted octanol–water partition coefficient (Wildman–Crippen LogP) is 3.07. The minimum Gasteiger partial charge on any atom is -0.379 e. The first-order valence-corrected chi connectivity index (χ1v) is 5.96. The second-order valence-corrected chi connectivity index (χ2v) is 5.12. The van der Waals surface area contributed by atoms with Gasteiger partial charge in [-0.05, 0) is 30.4 Å². The summed E-state index contributed by atoms with van der Waals surface area (Å²) in [5, 5.41) is 22.8. The number of hydrogen-bond donors (Lipinski definition) is 1. The smallest absolute Gasteiger partial charge is 0.293 e. The summed E-state index contributed by atoms with van der Waals surface area (Å²) in [4.78, 5) is 10.5. The lowest BCUT2D eigenvalue weighted by Crippen LogP contribution is -2.33. The fourth-order valence-electron chi connectivity index (χ4n) is 2.17. The summed E-state index contributed by atoms with van der Waals surface area (Å²) >= 11 is 0. The Kier molecular flexibility index (Phi) is 3.19. The van der Waals surface area contributed by atoms with Crippen molar-refractivity contribution in [2.24, 2.45) is 5.41 Å². The molecule has 1 fully saturated rings. The first-order chi connectivity index (χ1) is 8.54. The van der Waals surface area contributed by atoms with Crippen LogP contribution < -0.4 is 5.32 Å². The molecule has 0 radical (unpaired) electrons. The lowest BCUT2D eigenvalue weighted by atomic mass is 9.70. The van der Waals surface area contributed by atoms with Gasteiger partial charge >= 0.3 is 0 Å². The molecule has 2 rings (SSSR count). The van der Waals surface area contributed by atoms with Gasteiger partial charge in [-0.25, -0.2) is 0 Å². The number of rotatable bonds is 4. The van der Waals surface area contributed by atoms with Crippen LogP contribution in [0.1, 0.15) is 31.7 Å². The van der Waals surface area contributed by atoms with Crippen molar-refractivity contribution < 1.29 is 4.92 Å². The van der Waals surface area contributed by atoms with Crippen LogP contribution in [0, 0.1) is 26.9 Å². The fraction of sp³-hybridized carbons (Fsp3) is 0.462. The molecule has 1 saturated carbocycles. The Morgan fingerprint density at radius 1 is 1.56 bits per heavy atom. The number of nitrogens with one attached hydrogen (secondary N) is 1. The maximum Gasteiger partial charge on any atom is 0.293 e. The molecule has 1 aliphatic rings. The highest BCUT2D eigenvalue weighted by atomic mass is 16.6. The fourth-order valence-corrected chi connectivity index (χ4v) is 2.17. The largest absolute Gasteiger partial charge is 0.379 e. The summed E-state index contributed by atoms with van der Waals surface area (Å²) in [6.07, 6.45) is 3.54. The molecule has 0 aromatic heterocycles. The van der Waals surface area contributed by atoms with Crippen molar-refractivity contribution in [2.75, 3.05) is 11.9 Å². The van der Waals surface area contributed by atoms with Crippen molar-refractivity contribution in [1.82, 2.24) is 0 Å². The summed E-state index contributed by atoms with van der Waals surface area (Å²) in [7, 11) is 0. The highest BCUT2D eigenvalue weighted by Gasteiger charge is 2.31. The molecule has 94 valence electrons. The molecule has 1 aliphatic carbocycles. The number of hydrogen-bond acceptors (Lipinski definition) is 4. The number of nitro groups is 1. The summed E-state index contributed by atoms with van der Waals surface area (Å²) in [5.41, 5.74) is 1.02. The number of benzene rings is 1. The van der Waals surface area contributed by atoms with Crippen molar-refractivity contribution in [3.05, 3.63) is 33.9 Å². The van der Waals surface area contributed by atoms with Crippen LogP contribution in [0.2, 0.25) is 0 Å². The minimum absolute atomic E-state index is 0.0306. The average Bonchev–Trinajstić information content (AvgIpc) is 2.33. The van der Waals surface area contributed by atoms with Crippen LogP contribution >= 0.6 is 0 Å². The highest BCUT2D eigenvalue weighted by Crippen LogP contribution is 2.40. The zero-order valence-electron chi connectivity index (χ0n) is 10.3. The zero-order valence-corrected chi connectivity index (χ0v) is 10.3. The molecule has 0 atom stereocenters. The third kappa shape index (κ3) is 2.43. The van der Waals surface area contributed by atoms with Gasteiger partial charge in [0.05, 0.1) is 16.6 Å². The number of nitro benzene ring substituents is 1. The maximum absolute atomic E-state index is 11.0. The van der Waals surface area contributed by atoms with Gasteiger partial charge in [0.1, 0.15) is 5.69 Å². The molecule has 5 heteroatoms. The second kappa shape index (κ2) is 4.65. The molecule has 0 unspecified atom stereocenters. The van der Waals surface area contributed by atoms with Gasteiger partial charge in [-0.2, -0.15) is 5.26 Å². The molecular formula is C13H15N3O2. The van der Waals surface area contributed by atoms with E-state index in [0.29, 0.717) is 11.3 Å². The van der Waals surface area contributed by atoms with E-state index in [-0.39, 0.29) is 11.1 Å². The summed E-state index contributed by atoms with van der Waals surface area (Å²) in [6, 6.07) is 6.43.